The van der Waals surface area contributed by atoms with Crippen LogP contribution in [0, 0.1) is 0 Å². The van der Waals surface area contributed by atoms with Gasteiger partial charge in [-0.2, -0.15) is 0 Å². The number of aromatic nitrogens is 3. The molecule has 2 bridgehead atoms. The lowest BCUT2D eigenvalue weighted by atomic mass is 10.0. The first-order chi connectivity index (χ1) is 14.6. The van der Waals surface area contributed by atoms with Crippen molar-refractivity contribution < 1.29 is 5.11 Å². The van der Waals surface area contributed by atoms with Crippen LogP contribution in [0.25, 0.3) is 32.9 Å². The summed E-state index contributed by atoms with van der Waals surface area (Å²) in [5.74, 6) is 1.01. The van der Waals surface area contributed by atoms with Crippen molar-refractivity contribution >= 4 is 27.6 Å². The Hall–Kier alpha value is -3.25. The van der Waals surface area contributed by atoms with Crippen molar-refractivity contribution in [1.82, 2.24) is 20.3 Å². The normalized spacial score (nSPS) is 23.4. The predicted molar refractivity (Wildman–Crippen MR) is 119 cm³/mol. The second kappa shape index (κ2) is 6.37. The zero-order chi connectivity index (χ0) is 20.3. The van der Waals surface area contributed by atoms with E-state index in [1.807, 2.05) is 36.7 Å². The fourth-order valence-electron chi connectivity index (χ4n) is 5.02. The summed E-state index contributed by atoms with van der Waals surface area (Å²) in [5, 5.41) is 16.9. The lowest BCUT2D eigenvalue weighted by Crippen LogP contribution is -2.58. The van der Waals surface area contributed by atoms with E-state index in [4.69, 9.17) is 4.98 Å². The molecule has 6 nitrogen and oxygen atoms in total. The van der Waals surface area contributed by atoms with Gasteiger partial charge in [0, 0.05) is 48.0 Å². The first-order valence-electron chi connectivity index (χ1n) is 10.4. The second-order valence-corrected chi connectivity index (χ2v) is 8.83. The molecular weight excluding hydrogens is 374 g/mol. The third kappa shape index (κ3) is 2.87. The monoisotopic (exact) mass is 397 g/mol. The zero-order valence-electron chi connectivity index (χ0n) is 16.8. The van der Waals surface area contributed by atoms with Gasteiger partial charge in [0.25, 0.3) is 0 Å². The molecular formula is C24H23N5O. The van der Waals surface area contributed by atoms with Crippen LogP contribution in [-0.2, 0) is 0 Å². The summed E-state index contributed by atoms with van der Waals surface area (Å²) in [6.07, 6.45) is 6.08. The first-order valence-corrected chi connectivity index (χ1v) is 10.4. The summed E-state index contributed by atoms with van der Waals surface area (Å²) in [7, 11) is 0. The van der Waals surface area contributed by atoms with Gasteiger partial charge in [-0.15, -0.1) is 0 Å². The summed E-state index contributed by atoms with van der Waals surface area (Å²) < 4.78 is 0. The molecule has 0 spiro atoms. The molecule has 2 N–H and O–H groups in total. The van der Waals surface area contributed by atoms with Gasteiger partial charge in [-0.3, -0.25) is 4.98 Å². The third-order valence-corrected chi connectivity index (χ3v) is 6.43. The zero-order valence-corrected chi connectivity index (χ0v) is 16.8. The Balaban J connectivity index is 1.44. The number of phenols is 1. The molecule has 6 rings (SSSR count). The largest absolute Gasteiger partial charge is 0.508 e. The molecule has 0 saturated carbocycles. The fourth-order valence-corrected chi connectivity index (χ4v) is 5.02. The standard InChI is InChI=1S/C24H23N5O/c1-24-7-6-17(28-24)13-29(14-24)23-26-12-16-11-25-22(10-21(16)27-23)20-9-18(30)8-15-4-2-3-5-19(15)20/h2-5,8-12,17,28,30H,6-7,13-14H2,1H3/t17-,24+/m1/s1. The Morgan fingerprint density at radius 1 is 1.10 bits per heavy atom. The maximum Gasteiger partial charge on any atom is 0.225 e. The molecule has 6 heteroatoms. The molecule has 4 heterocycles. The molecule has 0 amide bonds. The minimum absolute atomic E-state index is 0.144. The van der Waals surface area contributed by atoms with Crippen LogP contribution in [0.1, 0.15) is 19.8 Å². The Kier molecular flexibility index (Phi) is 3.74. The van der Waals surface area contributed by atoms with Gasteiger partial charge < -0.3 is 15.3 Å². The van der Waals surface area contributed by atoms with Crippen LogP contribution in [0.5, 0.6) is 5.75 Å². The van der Waals surface area contributed by atoms with Crippen molar-refractivity contribution in [2.24, 2.45) is 0 Å². The quantitative estimate of drug-likeness (QED) is 0.535. The molecule has 4 aromatic rings. The van der Waals surface area contributed by atoms with E-state index < -0.39 is 0 Å². The average molecular weight is 397 g/mol. The van der Waals surface area contributed by atoms with Crippen LogP contribution in [0.15, 0.2) is 54.9 Å². The van der Waals surface area contributed by atoms with E-state index in [0.717, 1.165) is 52.0 Å². The average Bonchev–Trinajstić information content (AvgIpc) is 3.04. The van der Waals surface area contributed by atoms with E-state index in [2.05, 4.69) is 33.2 Å². The van der Waals surface area contributed by atoms with Gasteiger partial charge in [0.05, 0.1) is 11.2 Å². The number of fused-ring (bicyclic) bond motifs is 4. The Bertz CT molecular complexity index is 1290. The molecule has 30 heavy (non-hydrogen) atoms. The molecule has 150 valence electrons. The highest BCUT2D eigenvalue weighted by Crippen LogP contribution is 2.34. The highest BCUT2D eigenvalue weighted by molar-refractivity contribution is 5.98. The predicted octanol–water partition coefficient (Wildman–Crippen LogP) is 3.88. The molecule has 2 fully saturated rings. The topological polar surface area (TPSA) is 74.2 Å². The van der Waals surface area contributed by atoms with Crippen LogP contribution in [0.4, 0.5) is 5.95 Å². The highest BCUT2D eigenvalue weighted by Gasteiger charge is 2.41. The van der Waals surface area contributed by atoms with Crippen LogP contribution >= 0.6 is 0 Å². The Morgan fingerprint density at radius 2 is 1.97 bits per heavy atom. The molecule has 2 atom stereocenters. The lowest BCUT2D eigenvalue weighted by molar-refractivity contribution is 0.347. The minimum Gasteiger partial charge on any atom is -0.508 e. The van der Waals surface area contributed by atoms with Gasteiger partial charge in [0.2, 0.25) is 5.95 Å². The molecule has 2 aliphatic heterocycles. The van der Waals surface area contributed by atoms with Crippen molar-refractivity contribution in [1.29, 1.82) is 0 Å². The smallest absolute Gasteiger partial charge is 0.225 e. The fraction of sp³-hybridized carbons (Fsp3) is 0.292. The molecule has 0 aliphatic carbocycles. The number of rotatable bonds is 2. The summed E-state index contributed by atoms with van der Waals surface area (Å²) in [4.78, 5) is 16.5. The van der Waals surface area contributed by atoms with E-state index in [-0.39, 0.29) is 11.3 Å². The van der Waals surface area contributed by atoms with Crippen LogP contribution in [0.3, 0.4) is 0 Å². The van der Waals surface area contributed by atoms with Crippen molar-refractivity contribution in [3.63, 3.8) is 0 Å². The molecule has 2 aromatic carbocycles. The van der Waals surface area contributed by atoms with E-state index in [1.54, 1.807) is 12.1 Å². The molecule has 0 radical (unpaired) electrons. The number of nitrogens with zero attached hydrogens (tertiary/aromatic N) is 4. The van der Waals surface area contributed by atoms with Crippen molar-refractivity contribution in [2.45, 2.75) is 31.3 Å². The van der Waals surface area contributed by atoms with Crippen LogP contribution in [0.2, 0.25) is 0 Å². The second-order valence-electron chi connectivity index (χ2n) is 8.83. The maximum absolute atomic E-state index is 10.2. The number of phenolic OH excluding ortho intramolecular Hbond substituents is 1. The summed E-state index contributed by atoms with van der Waals surface area (Å²) in [6.45, 7) is 4.15. The first kappa shape index (κ1) is 17.6. The molecule has 0 unspecified atom stereocenters. The number of benzene rings is 2. The number of piperazine rings is 1. The molecule has 2 aliphatic rings. The highest BCUT2D eigenvalue weighted by atomic mass is 16.3. The van der Waals surface area contributed by atoms with Crippen LogP contribution < -0.4 is 10.2 Å². The van der Waals surface area contributed by atoms with Gasteiger partial charge in [-0.1, -0.05) is 24.3 Å². The number of aromatic hydroxyl groups is 1. The van der Waals surface area contributed by atoms with Crippen LogP contribution in [-0.4, -0.2) is 44.7 Å². The number of anilines is 1. The number of pyridine rings is 1. The van der Waals surface area contributed by atoms with E-state index in [1.165, 1.54) is 12.8 Å². The van der Waals surface area contributed by atoms with Gasteiger partial charge in [-0.25, -0.2) is 9.97 Å². The Labute approximate surface area is 174 Å². The molecule has 2 aromatic heterocycles. The summed E-state index contributed by atoms with van der Waals surface area (Å²) in [5.41, 5.74) is 2.71. The minimum atomic E-state index is 0.144. The van der Waals surface area contributed by atoms with Gasteiger partial charge in [0.15, 0.2) is 0 Å². The van der Waals surface area contributed by atoms with E-state index in [9.17, 15) is 5.11 Å². The molecule has 2 saturated heterocycles. The SMILES string of the molecule is C[C@]12CC[C@H](CN(c3ncc4cnc(-c5cc(O)cc6ccccc56)cc4n3)C1)N2. The number of hydrogen-bond acceptors (Lipinski definition) is 6. The lowest BCUT2D eigenvalue weighted by Gasteiger charge is -2.39. The third-order valence-electron chi connectivity index (χ3n) is 6.43. The Morgan fingerprint density at radius 3 is 2.87 bits per heavy atom. The summed E-state index contributed by atoms with van der Waals surface area (Å²) >= 11 is 0. The van der Waals surface area contributed by atoms with Gasteiger partial charge >= 0.3 is 0 Å². The number of nitrogens with one attached hydrogen (secondary N) is 1. The van der Waals surface area contributed by atoms with Gasteiger partial charge in [0.1, 0.15) is 5.75 Å². The van der Waals surface area contributed by atoms with E-state index in [0.29, 0.717) is 6.04 Å². The van der Waals surface area contributed by atoms with Crippen molar-refractivity contribution in [3.8, 4) is 17.0 Å². The van der Waals surface area contributed by atoms with Crippen molar-refractivity contribution in [3.05, 3.63) is 54.9 Å². The van der Waals surface area contributed by atoms with Crippen molar-refractivity contribution in [2.75, 3.05) is 18.0 Å². The van der Waals surface area contributed by atoms with E-state index >= 15 is 0 Å². The number of hydrogen-bond donors (Lipinski definition) is 2. The summed E-state index contributed by atoms with van der Waals surface area (Å²) in [6, 6.07) is 14.1. The van der Waals surface area contributed by atoms with Gasteiger partial charge in [-0.05, 0) is 48.7 Å². The maximum atomic E-state index is 10.2.